The third-order valence-electron chi connectivity index (χ3n) is 2.41. The van der Waals surface area contributed by atoms with Gasteiger partial charge in [0.05, 0.1) is 25.1 Å². The highest BCUT2D eigenvalue weighted by atomic mass is 16.5. The maximum atomic E-state index is 11.0. The second-order valence-electron chi connectivity index (χ2n) is 3.68. The van der Waals surface area contributed by atoms with Crippen LogP contribution in [-0.4, -0.2) is 47.4 Å². The van der Waals surface area contributed by atoms with Crippen LogP contribution in [0.5, 0.6) is 0 Å². The quantitative estimate of drug-likeness (QED) is 0.682. The lowest BCUT2D eigenvalue weighted by Gasteiger charge is -2.27. The first kappa shape index (κ1) is 11.6. The highest BCUT2D eigenvalue weighted by Gasteiger charge is 2.16. The number of morpholine rings is 1. The van der Waals surface area contributed by atoms with Gasteiger partial charge in [0, 0.05) is 13.1 Å². The molecule has 0 bridgehead atoms. The van der Waals surface area contributed by atoms with Gasteiger partial charge in [-0.05, 0) is 6.07 Å². The van der Waals surface area contributed by atoms with Crippen LogP contribution in [0.15, 0.2) is 12.3 Å². The molecule has 1 aromatic heterocycles. The van der Waals surface area contributed by atoms with Gasteiger partial charge in [-0.25, -0.2) is 14.8 Å². The predicted octanol–water partition coefficient (Wildman–Crippen LogP) is 0.0211. The zero-order valence-electron chi connectivity index (χ0n) is 9.22. The maximum absolute atomic E-state index is 11.0. The summed E-state index contributed by atoms with van der Waals surface area (Å²) in [5, 5.41) is 10.9. The molecule has 1 aromatic rings. The number of aromatic carboxylic acids is 1. The number of anilines is 2. The number of nitrogen functional groups attached to an aromatic ring is 1. The molecule has 1 saturated heterocycles. The summed E-state index contributed by atoms with van der Waals surface area (Å²) < 4.78 is 5.20. The van der Waals surface area contributed by atoms with Crippen LogP contribution in [0.4, 0.5) is 11.5 Å². The summed E-state index contributed by atoms with van der Waals surface area (Å²) in [4.78, 5) is 15.0. The second kappa shape index (κ2) is 4.98. The Morgan fingerprint density at radius 3 is 2.88 bits per heavy atom. The van der Waals surface area contributed by atoms with Crippen molar-refractivity contribution in [2.24, 2.45) is 0 Å². The van der Waals surface area contributed by atoms with Crippen molar-refractivity contribution >= 4 is 17.5 Å². The van der Waals surface area contributed by atoms with E-state index in [2.05, 4.69) is 10.4 Å². The number of hydrogen-bond acceptors (Lipinski definition) is 6. The lowest BCUT2D eigenvalue weighted by atomic mass is 10.2. The molecular weight excluding hydrogens is 224 g/mol. The molecule has 7 heteroatoms. The Morgan fingerprint density at radius 1 is 1.53 bits per heavy atom. The molecule has 1 aliphatic rings. The molecule has 2 heterocycles. The Hall–Kier alpha value is -1.86. The topological polar surface area (TPSA) is 101 Å². The van der Waals surface area contributed by atoms with Crippen LogP contribution in [0.3, 0.4) is 0 Å². The molecule has 0 aliphatic carbocycles. The average Bonchev–Trinajstić information content (AvgIpc) is 2.32. The van der Waals surface area contributed by atoms with Crippen LogP contribution in [0.2, 0.25) is 0 Å². The highest BCUT2D eigenvalue weighted by Crippen LogP contribution is 2.16. The van der Waals surface area contributed by atoms with E-state index in [-0.39, 0.29) is 5.56 Å². The first-order valence-electron chi connectivity index (χ1n) is 5.25. The van der Waals surface area contributed by atoms with E-state index in [9.17, 15) is 4.79 Å². The number of ether oxygens (including phenoxy) is 1. The van der Waals surface area contributed by atoms with Crippen molar-refractivity contribution in [3.05, 3.63) is 17.8 Å². The zero-order chi connectivity index (χ0) is 12.3. The molecule has 0 amide bonds. The Bertz CT molecular complexity index is 418. The lowest BCUT2D eigenvalue weighted by molar-refractivity contribution is 0.0493. The molecule has 92 valence electrons. The molecule has 0 saturated carbocycles. The van der Waals surface area contributed by atoms with Crippen LogP contribution in [0.25, 0.3) is 0 Å². The summed E-state index contributed by atoms with van der Waals surface area (Å²) >= 11 is 0. The molecule has 17 heavy (non-hydrogen) atoms. The first-order chi connectivity index (χ1) is 8.16. The van der Waals surface area contributed by atoms with Crippen LogP contribution < -0.4 is 11.2 Å². The molecule has 0 spiro atoms. The lowest BCUT2D eigenvalue weighted by Crippen LogP contribution is -2.40. The van der Waals surface area contributed by atoms with Gasteiger partial charge in [0.2, 0.25) is 0 Å². The van der Waals surface area contributed by atoms with E-state index >= 15 is 0 Å². The number of carbonyl (C=O) groups is 1. The van der Waals surface area contributed by atoms with Gasteiger partial charge in [-0.15, -0.1) is 0 Å². The first-order valence-corrected chi connectivity index (χ1v) is 5.25. The Balaban J connectivity index is 2.16. The van der Waals surface area contributed by atoms with Gasteiger partial charge in [-0.1, -0.05) is 0 Å². The number of nitrogens with zero attached hydrogens (tertiary/aromatic N) is 2. The monoisotopic (exact) mass is 238 g/mol. The van der Waals surface area contributed by atoms with E-state index in [1.165, 1.54) is 12.3 Å². The molecule has 2 rings (SSSR count). The molecule has 1 fully saturated rings. The minimum Gasteiger partial charge on any atom is -0.478 e. The third kappa shape index (κ3) is 2.83. The Morgan fingerprint density at radius 2 is 2.24 bits per heavy atom. The standard InChI is InChI=1S/C10H14N4O3/c11-7-5-8(10(15)16)9(12-6-7)13-14-1-3-17-4-2-14/h5-6H,1-4,11H2,(H,12,13)(H,15,16). The van der Waals surface area contributed by atoms with E-state index in [1.54, 1.807) is 0 Å². The van der Waals surface area contributed by atoms with E-state index in [1.807, 2.05) is 5.01 Å². The largest absolute Gasteiger partial charge is 0.478 e. The number of carboxylic acid groups (broad SMARTS) is 1. The van der Waals surface area contributed by atoms with Gasteiger partial charge in [0.25, 0.3) is 0 Å². The van der Waals surface area contributed by atoms with Crippen molar-refractivity contribution in [3.63, 3.8) is 0 Å². The van der Waals surface area contributed by atoms with E-state index in [0.29, 0.717) is 37.8 Å². The summed E-state index contributed by atoms with van der Waals surface area (Å²) in [6, 6.07) is 1.39. The van der Waals surface area contributed by atoms with Gasteiger partial charge in [0.1, 0.15) is 5.56 Å². The smallest absolute Gasteiger partial charge is 0.339 e. The molecular formula is C10H14N4O3. The molecule has 0 atom stereocenters. The number of aromatic nitrogens is 1. The number of pyridine rings is 1. The maximum Gasteiger partial charge on any atom is 0.339 e. The molecule has 7 nitrogen and oxygen atoms in total. The molecule has 0 unspecified atom stereocenters. The van der Waals surface area contributed by atoms with Crippen LogP contribution >= 0.6 is 0 Å². The fourth-order valence-corrected chi connectivity index (χ4v) is 1.56. The number of hydrazine groups is 1. The normalized spacial score (nSPS) is 16.7. The number of hydrogen-bond donors (Lipinski definition) is 3. The van der Waals surface area contributed by atoms with Gasteiger partial charge in [-0.3, -0.25) is 0 Å². The third-order valence-corrected chi connectivity index (χ3v) is 2.41. The fraction of sp³-hybridized carbons (Fsp3) is 0.400. The minimum absolute atomic E-state index is 0.0662. The molecule has 1 aliphatic heterocycles. The predicted molar refractivity (Wildman–Crippen MR) is 61.6 cm³/mol. The summed E-state index contributed by atoms with van der Waals surface area (Å²) in [7, 11) is 0. The van der Waals surface area contributed by atoms with E-state index in [0.717, 1.165) is 0 Å². The molecule has 4 N–H and O–H groups in total. The number of nitrogens with one attached hydrogen (secondary N) is 1. The summed E-state index contributed by atoms with van der Waals surface area (Å²) in [6.07, 6.45) is 1.43. The Labute approximate surface area is 98.2 Å². The average molecular weight is 238 g/mol. The van der Waals surface area contributed by atoms with Gasteiger partial charge >= 0.3 is 5.97 Å². The van der Waals surface area contributed by atoms with Crippen LogP contribution in [-0.2, 0) is 4.74 Å². The molecule has 0 aromatic carbocycles. The minimum atomic E-state index is -1.06. The number of nitrogens with two attached hydrogens (primary N) is 1. The van der Waals surface area contributed by atoms with Crippen LogP contribution in [0.1, 0.15) is 10.4 Å². The van der Waals surface area contributed by atoms with E-state index in [4.69, 9.17) is 15.6 Å². The van der Waals surface area contributed by atoms with Crippen LogP contribution in [0, 0.1) is 0 Å². The number of carboxylic acids is 1. The van der Waals surface area contributed by atoms with Crippen molar-refractivity contribution < 1.29 is 14.6 Å². The van der Waals surface area contributed by atoms with Crippen molar-refractivity contribution in [2.75, 3.05) is 37.5 Å². The summed E-state index contributed by atoms with van der Waals surface area (Å²) in [6.45, 7) is 2.60. The van der Waals surface area contributed by atoms with E-state index < -0.39 is 5.97 Å². The summed E-state index contributed by atoms with van der Waals surface area (Å²) in [5.74, 6) is -0.755. The van der Waals surface area contributed by atoms with Gasteiger partial charge < -0.3 is 21.0 Å². The van der Waals surface area contributed by atoms with Crippen molar-refractivity contribution in [2.45, 2.75) is 0 Å². The fourth-order valence-electron chi connectivity index (χ4n) is 1.56. The van der Waals surface area contributed by atoms with Crippen molar-refractivity contribution in [3.8, 4) is 0 Å². The number of rotatable bonds is 3. The zero-order valence-corrected chi connectivity index (χ0v) is 9.22. The second-order valence-corrected chi connectivity index (χ2v) is 3.68. The SMILES string of the molecule is Nc1cnc(NN2CCOCC2)c(C(=O)O)c1. The Kier molecular flexibility index (Phi) is 3.40. The van der Waals surface area contributed by atoms with Crippen molar-refractivity contribution in [1.82, 2.24) is 9.99 Å². The van der Waals surface area contributed by atoms with Gasteiger partial charge in [-0.2, -0.15) is 0 Å². The van der Waals surface area contributed by atoms with Gasteiger partial charge in [0.15, 0.2) is 5.82 Å². The summed E-state index contributed by atoms with van der Waals surface area (Å²) in [5.41, 5.74) is 8.87. The highest BCUT2D eigenvalue weighted by molar-refractivity contribution is 5.93. The van der Waals surface area contributed by atoms with Crippen molar-refractivity contribution in [1.29, 1.82) is 0 Å². The molecule has 0 radical (unpaired) electrons.